The summed E-state index contributed by atoms with van der Waals surface area (Å²) >= 11 is 1.65. The van der Waals surface area contributed by atoms with Crippen molar-refractivity contribution in [1.29, 1.82) is 0 Å². The second-order valence-electron chi connectivity index (χ2n) is 5.19. The van der Waals surface area contributed by atoms with E-state index in [1.165, 1.54) is 19.3 Å². The van der Waals surface area contributed by atoms with Gasteiger partial charge in [0, 0.05) is 22.4 Å². The first-order chi connectivity index (χ1) is 7.68. The van der Waals surface area contributed by atoms with Crippen molar-refractivity contribution in [2.75, 3.05) is 0 Å². The summed E-state index contributed by atoms with van der Waals surface area (Å²) in [5, 5.41) is 2.00. The number of ketones is 1. The molecule has 86 valence electrons. The van der Waals surface area contributed by atoms with Gasteiger partial charge >= 0.3 is 0 Å². The van der Waals surface area contributed by atoms with E-state index in [9.17, 15) is 4.79 Å². The molecule has 0 radical (unpaired) electrons. The van der Waals surface area contributed by atoms with E-state index in [4.69, 9.17) is 5.73 Å². The molecule has 0 saturated heterocycles. The fourth-order valence-corrected chi connectivity index (χ4v) is 4.25. The minimum absolute atomic E-state index is 0.104. The number of fused-ring (bicyclic) bond motifs is 2. The van der Waals surface area contributed by atoms with Crippen LogP contribution in [0.4, 0.5) is 0 Å². The van der Waals surface area contributed by atoms with Crippen LogP contribution in [0.1, 0.15) is 34.5 Å². The summed E-state index contributed by atoms with van der Waals surface area (Å²) in [5.74, 6) is 1.58. The van der Waals surface area contributed by atoms with E-state index in [1.807, 2.05) is 18.4 Å². The van der Waals surface area contributed by atoms with Crippen molar-refractivity contribution in [2.45, 2.75) is 32.2 Å². The van der Waals surface area contributed by atoms with Crippen molar-refractivity contribution in [2.24, 2.45) is 23.5 Å². The molecule has 2 aliphatic carbocycles. The maximum absolute atomic E-state index is 12.5. The van der Waals surface area contributed by atoms with Crippen molar-refractivity contribution in [1.82, 2.24) is 0 Å². The second kappa shape index (κ2) is 3.67. The third-order valence-corrected chi connectivity index (χ3v) is 5.25. The monoisotopic (exact) mass is 235 g/mol. The zero-order valence-corrected chi connectivity index (χ0v) is 10.3. The molecule has 2 nitrogen and oxygen atoms in total. The zero-order valence-electron chi connectivity index (χ0n) is 9.48. The summed E-state index contributed by atoms with van der Waals surface area (Å²) in [4.78, 5) is 13.6. The highest BCUT2D eigenvalue weighted by molar-refractivity contribution is 7.10. The summed E-state index contributed by atoms with van der Waals surface area (Å²) in [7, 11) is 0. The number of hydrogen-bond donors (Lipinski definition) is 1. The quantitative estimate of drug-likeness (QED) is 0.801. The summed E-state index contributed by atoms with van der Waals surface area (Å²) < 4.78 is 0. The Morgan fingerprint density at radius 2 is 2.19 bits per heavy atom. The van der Waals surface area contributed by atoms with E-state index in [0.29, 0.717) is 17.6 Å². The Bertz CT molecular complexity index is 423. The van der Waals surface area contributed by atoms with Crippen molar-refractivity contribution in [3.05, 3.63) is 21.9 Å². The van der Waals surface area contributed by atoms with Crippen LogP contribution in [0.15, 0.2) is 11.4 Å². The first kappa shape index (κ1) is 10.5. The molecule has 2 saturated carbocycles. The van der Waals surface area contributed by atoms with E-state index in [2.05, 4.69) is 0 Å². The third kappa shape index (κ3) is 1.38. The van der Waals surface area contributed by atoms with Gasteiger partial charge in [-0.05, 0) is 49.5 Å². The Morgan fingerprint density at radius 3 is 2.75 bits per heavy atom. The van der Waals surface area contributed by atoms with E-state index >= 15 is 0 Å². The van der Waals surface area contributed by atoms with Gasteiger partial charge in [0.05, 0.1) is 0 Å². The molecule has 0 aliphatic heterocycles. The first-order valence-electron chi connectivity index (χ1n) is 6.02. The van der Waals surface area contributed by atoms with Gasteiger partial charge in [-0.1, -0.05) is 0 Å². The van der Waals surface area contributed by atoms with E-state index < -0.39 is 0 Å². The van der Waals surface area contributed by atoms with Gasteiger partial charge in [0.2, 0.25) is 0 Å². The van der Waals surface area contributed by atoms with Gasteiger partial charge in [-0.15, -0.1) is 11.3 Å². The van der Waals surface area contributed by atoms with Gasteiger partial charge < -0.3 is 5.73 Å². The molecule has 0 amide bonds. The molecule has 1 heterocycles. The smallest absolute Gasteiger partial charge is 0.168 e. The lowest BCUT2D eigenvalue weighted by Gasteiger charge is -2.26. The fourth-order valence-electron chi connectivity index (χ4n) is 3.54. The van der Waals surface area contributed by atoms with E-state index in [0.717, 1.165) is 10.4 Å². The van der Waals surface area contributed by atoms with Gasteiger partial charge in [-0.25, -0.2) is 0 Å². The van der Waals surface area contributed by atoms with E-state index in [-0.39, 0.29) is 12.0 Å². The van der Waals surface area contributed by atoms with Gasteiger partial charge in [-0.2, -0.15) is 0 Å². The topological polar surface area (TPSA) is 43.1 Å². The molecule has 2 fully saturated rings. The molecular formula is C13H17NOS. The summed E-state index contributed by atoms with van der Waals surface area (Å²) in [5.41, 5.74) is 7.12. The van der Waals surface area contributed by atoms with Crippen LogP contribution >= 0.6 is 11.3 Å². The number of nitrogens with two attached hydrogens (primary N) is 1. The number of rotatable bonds is 2. The van der Waals surface area contributed by atoms with Crippen molar-refractivity contribution >= 4 is 17.1 Å². The minimum atomic E-state index is 0.104. The van der Waals surface area contributed by atoms with E-state index in [1.54, 1.807) is 11.3 Å². The Kier molecular flexibility index (Phi) is 2.41. The van der Waals surface area contributed by atoms with Gasteiger partial charge in [0.1, 0.15) is 0 Å². The first-order valence-corrected chi connectivity index (χ1v) is 6.90. The van der Waals surface area contributed by atoms with Crippen LogP contribution in [-0.4, -0.2) is 11.8 Å². The number of thiophene rings is 1. The molecule has 0 aromatic carbocycles. The normalized spacial score (nSPS) is 36.9. The average Bonchev–Trinajstić information content (AvgIpc) is 2.92. The van der Waals surface area contributed by atoms with Crippen LogP contribution in [0.3, 0.4) is 0 Å². The maximum atomic E-state index is 12.5. The number of aryl methyl sites for hydroxylation is 1. The second-order valence-corrected chi connectivity index (χ2v) is 6.31. The standard InChI is InChI=1S/C13H17NOS/c1-7-10(4-5-16-7)13(15)11-8-2-3-9(6-8)12(11)14/h4-5,8-9,11-12H,2-3,6,14H2,1H3. The molecule has 4 unspecified atom stereocenters. The van der Waals surface area contributed by atoms with Crippen molar-refractivity contribution in [3.8, 4) is 0 Å². The molecule has 1 aromatic heterocycles. The van der Waals surface area contributed by atoms with Crippen LogP contribution in [0.5, 0.6) is 0 Å². The predicted molar refractivity (Wildman–Crippen MR) is 65.7 cm³/mol. The molecular weight excluding hydrogens is 218 g/mol. The van der Waals surface area contributed by atoms with Gasteiger partial charge in [0.15, 0.2) is 5.78 Å². The highest BCUT2D eigenvalue weighted by Gasteiger charge is 2.49. The lowest BCUT2D eigenvalue weighted by molar-refractivity contribution is 0.0856. The highest BCUT2D eigenvalue weighted by Crippen LogP contribution is 2.48. The summed E-state index contributed by atoms with van der Waals surface area (Å²) in [6.07, 6.45) is 3.62. The SMILES string of the molecule is Cc1sccc1C(=O)C1C2CCC(C2)C1N. The molecule has 4 atom stereocenters. The molecule has 2 N–H and O–H groups in total. The van der Waals surface area contributed by atoms with Crippen LogP contribution in [0.2, 0.25) is 0 Å². The third-order valence-electron chi connectivity index (χ3n) is 4.41. The molecule has 0 spiro atoms. The lowest BCUT2D eigenvalue weighted by Crippen LogP contribution is -2.40. The molecule has 16 heavy (non-hydrogen) atoms. The maximum Gasteiger partial charge on any atom is 0.168 e. The summed E-state index contributed by atoms with van der Waals surface area (Å²) in [6.45, 7) is 2.02. The minimum Gasteiger partial charge on any atom is -0.327 e. The number of carbonyl (C=O) groups is 1. The lowest BCUT2D eigenvalue weighted by atomic mass is 9.80. The van der Waals surface area contributed by atoms with Crippen LogP contribution in [0, 0.1) is 24.7 Å². The van der Waals surface area contributed by atoms with Crippen LogP contribution < -0.4 is 5.73 Å². The fraction of sp³-hybridized carbons (Fsp3) is 0.615. The molecule has 3 heteroatoms. The van der Waals surface area contributed by atoms with Gasteiger partial charge in [0.25, 0.3) is 0 Å². The molecule has 2 bridgehead atoms. The molecule has 1 aromatic rings. The largest absolute Gasteiger partial charge is 0.327 e. The Morgan fingerprint density at radius 1 is 1.44 bits per heavy atom. The van der Waals surface area contributed by atoms with Crippen LogP contribution in [0.25, 0.3) is 0 Å². The van der Waals surface area contributed by atoms with Crippen molar-refractivity contribution < 1.29 is 4.79 Å². The van der Waals surface area contributed by atoms with Crippen molar-refractivity contribution in [3.63, 3.8) is 0 Å². The number of hydrogen-bond acceptors (Lipinski definition) is 3. The molecule has 2 aliphatic rings. The average molecular weight is 235 g/mol. The molecule has 3 rings (SSSR count). The number of Topliss-reactive ketones (excluding diaryl/α,β-unsaturated/α-hetero) is 1. The van der Waals surface area contributed by atoms with Crippen LogP contribution in [-0.2, 0) is 0 Å². The highest BCUT2D eigenvalue weighted by atomic mass is 32.1. The summed E-state index contributed by atoms with van der Waals surface area (Å²) in [6, 6.07) is 2.08. The Hall–Kier alpha value is -0.670. The number of carbonyl (C=O) groups excluding carboxylic acids is 1. The Balaban J connectivity index is 1.89. The Labute approximate surface area is 99.8 Å². The zero-order chi connectivity index (χ0) is 11.3. The predicted octanol–water partition coefficient (Wildman–Crippen LogP) is 2.61. The van der Waals surface area contributed by atoms with Gasteiger partial charge in [-0.3, -0.25) is 4.79 Å².